The molecule has 1 N–H and O–H groups in total. The third kappa shape index (κ3) is 2.91. The summed E-state index contributed by atoms with van der Waals surface area (Å²) < 4.78 is 20.3. The van der Waals surface area contributed by atoms with E-state index in [0.717, 1.165) is 5.56 Å². The van der Waals surface area contributed by atoms with Crippen LogP contribution >= 0.6 is 11.6 Å². The highest BCUT2D eigenvalue weighted by molar-refractivity contribution is 6.30. The van der Waals surface area contributed by atoms with Crippen LogP contribution in [-0.2, 0) is 6.61 Å². The van der Waals surface area contributed by atoms with Crippen LogP contribution in [0.5, 0.6) is 5.75 Å². The van der Waals surface area contributed by atoms with Crippen LogP contribution in [0.25, 0.3) is 16.9 Å². The van der Waals surface area contributed by atoms with Crippen molar-refractivity contribution in [3.05, 3.63) is 59.0 Å². The van der Waals surface area contributed by atoms with Crippen molar-refractivity contribution in [3.63, 3.8) is 0 Å². The lowest BCUT2D eigenvalue weighted by atomic mass is 10.1. The summed E-state index contributed by atoms with van der Waals surface area (Å²) in [4.78, 5) is 0. The molecule has 3 rings (SSSR count). The van der Waals surface area contributed by atoms with E-state index in [1.165, 1.54) is 23.9 Å². The van der Waals surface area contributed by atoms with Crippen molar-refractivity contribution in [2.45, 2.75) is 6.61 Å². The summed E-state index contributed by atoms with van der Waals surface area (Å²) in [6.07, 6.45) is 0. The van der Waals surface area contributed by atoms with Crippen molar-refractivity contribution in [2.75, 3.05) is 7.11 Å². The Morgan fingerprint density at radius 1 is 1.22 bits per heavy atom. The second-order valence-corrected chi connectivity index (χ2v) is 5.22. The number of methoxy groups -OCH3 is 1. The smallest absolute Gasteiger partial charge is 0.167 e. The molecule has 0 saturated heterocycles. The van der Waals surface area contributed by atoms with Gasteiger partial charge in [0.2, 0.25) is 0 Å². The molecule has 0 aliphatic heterocycles. The first-order valence-electron chi connectivity index (χ1n) is 6.79. The Kier molecular flexibility index (Phi) is 4.27. The zero-order valence-corrected chi connectivity index (χ0v) is 13.0. The first kappa shape index (κ1) is 15.5. The number of halogens is 2. The maximum absolute atomic E-state index is 14.0. The standard InChI is InChI=1S/C16H13ClFN3O2/c1-23-15-7-6-12(8-13(15)18)21-16(14(9-22)19-20-21)10-2-4-11(17)5-3-10/h2-8,22H,9H2,1H3. The number of aromatic nitrogens is 3. The molecule has 0 aliphatic rings. The molecule has 0 fully saturated rings. The molecule has 0 saturated carbocycles. The van der Waals surface area contributed by atoms with Gasteiger partial charge in [-0.15, -0.1) is 5.10 Å². The molecule has 3 aromatic rings. The number of hydrogen-bond acceptors (Lipinski definition) is 4. The second-order valence-electron chi connectivity index (χ2n) is 4.78. The average Bonchev–Trinajstić information content (AvgIpc) is 2.99. The Labute approximate surface area is 136 Å². The number of rotatable bonds is 4. The highest BCUT2D eigenvalue weighted by atomic mass is 35.5. The van der Waals surface area contributed by atoms with Crippen molar-refractivity contribution >= 4 is 11.6 Å². The van der Waals surface area contributed by atoms with E-state index < -0.39 is 5.82 Å². The van der Waals surface area contributed by atoms with Crippen molar-refractivity contribution in [3.8, 4) is 22.7 Å². The van der Waals surface area contributed by atoms with E-state index >= 15 is 0 Å². The predicted molar refractivity (Wildman–Crippen MR) is 84.2 cm³/mol. The van der Waals surface area contributed by atoms with Gasteiger partial charge in [0.1, 0.15) is 11.4 Å². The highest BCUT2D eigenvalue weighted by Crippen LogP contribution is 2.28. The van der Waals surface area contributed by atoms with Crippen molar-refractivity contribution < 1.29 is 14.2 Å². The molecular formula is C16H13ClFN3O2. The van der Waals surface area contributed by atoms with E-state index in [4.69, 9.17) is 16.3 Å². The molecule has 118 valence electrons. The fourth-order valence-corrected chi connectivity index (χ4v) is 2.41. The largest absolute Gasteiger partial charge is 0.494 e. The summed E-state index contributed by atoms with van der Waals surface area (Å²) in [5, 5.41) is 18.1. The normalized spacial score (nSPS) is 10.8. The van der Waals surface area contributed by atoms with Crippen LogP contribution < -0.4 is 4.74 Å². The molecule has 0 spiro atoms. The number of aliphatic hydroxyl groups is 1. The lowest BCUT2D eigenvalue weighted by molar-refractivity contribution is 0.277. The summed E-state index contributed by atoms with van der Waals surface area (Å²) in [5.41, 5.74) is 2.21. The fourth-order valence-electron chi connectivity index (χ4n) is 2.28. The van der Waals surface area contributed by atoms with Crippen LogP contribution in [0.1, 0.15) is 5.69 Å². The summed E-state index contributed by atoms with van der Waals surface area (Å²) >= 11 is 5.91. The minimum Gasteiger partial charge on any atom is -0.494 e. The molecule has 1 heterocycles. The number of ether oxygens (including phenoxy) is 1. The monoisotopic (exact) mass is 333 g/mol. The van der Waals surface area contributed by atoms with E-state index in [9.17, 15) is 9.50 Å². The Morgan fingerprint density at radius 3 is 2.57 bits per heavy atom. The Balaban J connectivity index is 2.15. The summed E-state index contributed by atoms with van der Waals surface area (Å²) in [5.74, 6) is -0.364. The molecular weight excluding hydrogens is 321 g/mol. The summed E-state index contributed by atoms with van der Waals surface area (Å²) in [6.45, 7) is -0.281. The Bertz CT molecular complexity index is 834. The summed E-state index contributed by atoms with van der Waals surface area (Å²) in [7, 11) is 1.40. The van der Waals surface area contributed by atoms with Gasteiger partial charge in [-0.3, -0.25) is 0 Å². The highest BCUT2D eigenvalue weighted by Gasteiger charge is 2.17. The lowest BCUT2D eigenvalue weighted by Gasteiger charge is -2.09. The summed E-state index contributed by atoms with van der Waals surface area (Å²) in [6, 6.07) is 11.5. The molecule has 0 bridgehead atoms. The molecule has 0 radical (unpaired) electrons. The average molecular weight is 334 g/mol. The van der Waals surface area contributed by atoms with Crippen molar-refractivity contribution in [1.29, 1.82) is 0 Å². The van der Waals surface area contributed by atoms with E-state index in [0.29, 0.717) is 22.1 Å². The molecule has 2 aromatic carbocycles. The van der Waals surface area contributed by atoms with E-state index in [2.05, 4.69) is 10.3 Å². The molecule has 0 amide bonds. The van der Waals surface area contributed by atoms with Crippen molar-refractivity contribution in [2.24, 2.45) is 0 Å². The van der Waals surface area contributed by atoms with Gasteiger partial charge in [-0.05, 0) is 24.3 Å². The van der Waals surface area contributed by atoms with Gasteiger partial charge in [0.15, 0.2) is 11.6 Å². The Hall–Kier alpha value is -2.44. The minimum absolute atomic E-state index is 0.143. The molecule has 7 heteroatoms. The van der Waals surface area contributed by atoms with Gasteiger partial charge < -0.3 is 9.84 Å². The third-order valence-electron chi connectivity index (χ3n) is 3.39. The fraction of sp³-hybridized carbons (Fsp3) is 0.125. The molecule has 23 heavy (non-hydrogen) atoms. The maximum Gasteiger partial charge on any atom is 0.167 e. The van der Waals surface area contributed by atoms with Crippen molar-refractivity contribution in [1.82, 2.24) is 15.0 Å². The number of benzene rings is 2. The van der Waals surface area contributed by atoms with Gasteiger partial charge >= 0.3 is 0 Å². The van der Waals surface area contributed by atoms with E-state index in [1.54, 1.807) is 30.3 Å². The molecule has 0 atom stereocenters. The minimum atomic E-state index is -0.506. The Morgan fingerprint density at radius 2 is 1.96 bits per heavy atom. The first-order valence-corrected chi connectivity index (χ1v) is 7.17. The number of nitrogens with zero attached hydrogens (tertiary/aromatic N) is 3. The van der Waals surface area contributed by atoms with Gasteiger partial charge in [-0.2, -0.15) is 0 Å². The van der Waals surface area contributed by atoms with Crippen LogP contribution in [0.3, 0.4) is 0 Å². The van der Waals surface area contributed by atoms with Gasteiger partial charge in [0.05, 0.1) is 19.4 Å². The van der Waals surface area contributed by atoms with Gasteiger partial charge in [-0.25, -0.2) is 9.07 Å². The molecule has 1 aromatic heterocycles. The zero-order valence-electron chi connectivity index (χ0n) is 12.2. The van der Waals surface area contributed by atoms with Gasteiger partial charge in [0.25, 0.3) is 0 Å². The molecule has 5 nitrogen and oxygen atoms in total. The van der Waals surface area contributed by atoms with E-state index in [1.807, 2.05) is 0 Å². The van der Waals surface area contributed by atoms with Gasteiger partial charge in [0, 0.05) is 16.7 Å². The quantitative estimate of drug-likeness (QED) is 0.796. The van der Waals surface area contributed by atoms with Crippen LogP contribution in [0.2, 0.25) is 5.02 Å². The van der Waals surface area contributed by atoms with Gasteiger partial charge in [-0.1, -0.05) is 28.9 Å². The number of hydrogen-bond donors (Lipinski definition) is 1. The SMILES string of the molecule is COc1ccc(-n2nnc(CO)c2-c2ccc(Cl)cc2)cc1F. The first-order chi connectivity index (χ1) is 11.1. The van der Waals surface area contributed by atoms with Crippen LogP contribution in [0.4, 0.5) is 4.39 Å². The van der Waals surface area contributed by atoms with Crippen LogP contribution in [0.15, 0.2) is 42.5 Å². The van der Waals surface area contributed by atoms with Crippen LogP contribution in [-0.4, -0.2) is 27.2 Å². The second kappa shape index (κ2) is 6.36. The molecule has 0 unspecified atom stereocenters. The van der Waals surface area contributed by atoms with E-state index in [-0.39, 0.29) is 12.4 Å². The predicted octanol–water partition coefficient (Wildman–Crippen LogP) is 3.23. The molecule has 0 aliphatic carbocycles. The zero-order chi connectivity index (χ0) is 16.4. The third-order valence-corrected chi connectivity index (χ3v) is 3.64. The maximum atomic E-state index is 14.0. The number of aliphatic hydroxyl groups excluding tert-OH is 1. The lowest BCUT2D eigenvalue weighted by Crippen LogP contribution is -2.01. The topological polar surface area (TPSA) is 60.2 Å². The van der Waals surface area contributed by atoms with Crippen LogP contribution in [0, 0.1) is 5.82 Å².